The molecular formula is C20H19ClN2O5. The summed E-state index contributed by atoms with van der Waals surface area (Å²) < 4.78 is 16.8. The zero-order valence-corrected chi connectivity index (χ0v) is 16.1. The molecule has 2 aromatic rings. The molecule has 2 aliphatic rings. The van der Waals surface area contributed by atoms with Crippen LogP contribution >= 0.6 is 11.6 Å². The number of amides is 1. The first-order chi connectivity index (χ1) is 13.5. The van der Waals surface area contributed by atoms with Crippen LogP contribution in [0.2, 0.25) is 5.02 Å². The predicted molar refractivity (Wildman–Crippen MR) is 104 cm³/mol. The Hall–Kier alpha value is -2.77. The average Bonchev–Trinajstić information content (AvgIpc) is 2.92. The average molecular weight is 403 g/mol. The van der Waals surface area contributed by atoms with Gasteiger partial charge in [0, 0.05) is 17.6 Å². The highest BCUT2D eigenvalue weighted by atomic mass is 35.5. The van der Waals surface area contributed by atoms with E-state index in [1.165, 1.54) is 4.90 Å². The number of carbonyl (C=O) groups is 2. The summed E-state index contributed by atoms with van der Waals surface area (Å²) in [5.74, 6) is 0.684. The van der Waals surface area contributed by atoms with Crippen molar-refractivity contribution in [3.8, 4) is 17.2 Å². The summed E-state index contributed by atoms with van der Waals surface area (Å²) in [6.45, 7) is 2.13. The molecule has 2 aliphatic heterocycles. The first kappa shape index (κ1) is 18.6. The van der Waals surface area contributed by atoms with E-state index in [9.17, 15) is 9.59 Å². The third kappa shape index (κ3) is 3.63. The van der Waals surface area contributed by atoms with Crippen LogP contribution in [0.5, 0.6) is 17.2 Å². The maximum absolute atomic E-state index is 12.5. The van der Waals surface area contributed by atoms with Crippen molar-refractivity contribution in [1.29, 1.82) is 0 Å². The molecule has 0 atom stereocenters. The first-order valence-corrected chi connectivity index (χ1v) is 9.27. The van der Waals surface area contributed by atoms with E-state index in [2.05, 4.69) is 0 Å². The lowest BCUT2D eigenvalue weighted by molar-refractivity contribution is -0.114. The standard InChI is InChI=1S/C20H19ClN2O5/c1-22(6-7-26-14-4-2-13(21)3-5-14)12-23-16-11-18-17(27-8-9-28-18)10-15(16)19(24)20(23)25/h2-5,10-11H,6-9,12H2,1H3. The molecule has 0 bridgehead atoms. The summed E-state index contributed by atoms with van der Waals surface area (Å²) in [5, 5.41) is 0.650. The number of anilines is 1. The van der Waals surface area contributed by atoms with Gasteiger partial charge in [0.05, 0.1) is 17.9 Å². The van der Waals surface area contributed by atoms with Crippen molar-refractivity contribution in [3.63, 3.8) is 0 Å². The molecule has 0 aromatic heterocycles. The van der Waals surface area contributed by atoms with Gasteiger partial charge in [-0.25, -0.2) is 0 Å². The van der Waals surface area contributed by atoms with Crippen LogP contribution in [0.25, 0.3) is 0 Å². The second-order valence-corrected chi connectivity index (χ2v) is 7.04. The van der Waals surface area contributed by atoms with Crippen LogP contribution in [0.1, 0.15) is 10.4 Å². The number of hydrogen-bond acceptors (Lipinski definition) is 6. The Morgan fingerprint density at radius 2 is 1.79 bits per heavy atom. The van der Waals surface area contributed by atoms with Crippen LogP contribution in [0.3, 0.4) is 0 Å². The molecule has 28 heavy (non-hydrogen) atoms. The van der Waals surface area contributed by atoms with Crippen molar-refractivity contribution in [2.75, 3.05) is 45.0 Å². The minimum atomic E-state index is -0.553. The molecule has 1 amide bonds. The molecule has 8 heteroatoms. The maximum atomic E-state index is 12.5. The molecule has 146 valence electrons. The van der Waals surface area contributed by atoms with Crippen LogP contribution in [0.15, 0.2) is 36.4 Å². The Labute approximate surface area is 167 Å². The summed E-state index contributed by atoms with van der Waals surface area (Å²) in [4.78, 5) is 28.2. The molecule has 0 radical (unpaired) electrons. The SMILES string of the molecule is CN(CCOc1ccc(Cl)cc1)CN1C(=O)C(=O)c2cc3c(cc21)OCCO3. The Morgan fingerprint density at radius 3 is 2.50 bits per heavy atom. The van der Waals surface area contributed by atoms with E-state index >= 15 is 0 Å². The number of carbonyl (C=O) groups excluding carboxylic acids is 2. The summed E-state index contributed by atoms with van der Waals surface area (Å²) in [6, 6.07) is 10.4. The van der Waals surface area contributed by atoms with Gasteiger partial charge in [-0.05, 0) is 37.4 Å². The number of nitrogens with zero attached hydrogens (tertiary/aromatic N) is 2. The van der Waals surface area contributed by atoms with Gasteiger partial charge in [0.1, 0.15) is 25.6 Å². The number of benzene rings is 2. The van der Waals surface area contributed by atoms with Crippen LogP contribution in [-0.2, 0) is 4.79 Å². The number of likely N-dealkylation sites (N-methyl/N-ethyl adjacent to an activating group) is 1. The third-order valence-corrected chi connectivity index (χ3v) is 4.83. The maximum Gasteiger partial charge on any atom is 0.300 e. The Kier molecular flexibility index (Phi) is 5.11. The van der Waals surface area contributed by atoms with Crippen molar-refractivity contribution in [2.24, 2.45) is 0 Å². The number of ketones is 1. The topological polar surface area (TPSA) is 68.3 Å². The van der Waals surface area contributed by atoms with Crippen LogP contribution in [0, 0.1) is 0 Å². The molecule has 0 unspecified atom stereocenters. The van der Waals surface area contributed by atoms with E-state index < -0.39 is 11.7 Å². The fourth-order valence-electron chi connectivity index (χ4n) is 3.13. The van der Waals surface area contributed by atoms with E-state index in [4.69, 9.17) is 25.8 Å². The Morgan fingerprint density at radius 1 is 1.11 bits per heavy atom. The number of fused-ring (bicyclic) bond motifs is 2. The molecular weight excluding hydrogens is 384 g/mol. The van der Waals surface area contributed by atoms with Crippen LogP contribution in [-0.4, -0.2) is 56.7 Å². The Bertz CT molecular complexity index is 916. The van der Waals surface area contributed by atoms with E-state index in [0.29, 0.717) is 54.1 Å². The van der Waals surface area contributed by atoms with Gasteiger partial charge < -0.3 is 14.2 Å². The number of Topliss-reactive ketones (excluding diaryl/α,β-unsaturated/α-hetero) is 1. The Balaban J connectivity index is 1.41. The lowest BCUT2D eigenvalue weighted by Crippen LogP contribution is -2.40. The molecule has 2 heterocycles. The molecule has 0 N–H and O–H groups in total. The molecule has 7 nitrogen and oxygen atoms in total. The molecule has 0 spiro atoms. The molecule has 0 saturated heterocycles. The number of halogens is 1. The quantitative estimate of drug-likeness (QED) is 0.692. The fourth-order valence-corrected chi connectivity index (χ4v) is 3.26. The summed E-state index contributed by atoms with van der Waals surface area (Å²) in [7, 11) is 1.86. The molecule has 0 fully saturated rings. The minimum absolute atomic E-state index is 0.265. The van der Waals surface area contributed by atoms with Crippen molar-refractivity contribution < 1.29 is 23.8 Å². The van der Waals surface area contributed by atoms with Crippen LogP contribution < -0.4 is 19.1 Å². The number of rotatable bonds is 6. The van der Waals surface area contributed by atoms with Gasteiger partial charge in [-0.2, -0.15) is 0 Å². The smallest absolute Gasteiger partial charge is 0.300 e. The van der Waals surface area contributed by atoms with E-state index in [0.717, 1.165) is 5.75 Å². The second kappa shape index (κ2) is 7.69. The second-order valence-electron chi connectivity index (χ2n) is 6.60. The zero-order chi connectivity index (χ0) is 19.7. The highest BCUT2D eigenvalue weighted by Crippen LogP contribution is 2.40. The minimum Gasteiger partial charge on any atom is -0.492 e. The van der Waals surface area contributed by atoms with Gasteiger partial charge in [0.2, 0.25) is 0 Å². The first-order valence-electron chi connectivity index (χ1n) is 8.89. The van der Waals surface area contributed by atoms with Crippen molar-refractivity contribution in [3.05, 3.63) is 47.0 Å². The van der Waals surface area contributed by atoms with E-state index in [1.807, 2.05) is 11.9 Å². The van der Waals surface area contributed by atoms with Crippen LogP contribution in [0.4, 0.5) is 5.69 Å². The molecule has 2 aromatic carbocycles. The number of ether oxygens (including phenoxy) is 3. The van der Waals surface area contributed by atoms with Crippen molar-refractivity contribution >= 4 is 29.0 Å². The predicted octanol–water partition coefficient (Wildman–Crippen LogP) is 2.61. The molecule has 4 rings (SSSR count). The molecule has 0 aliphatic carbocycles. The lowest BCUT2D eigenvalue weighted by atomic mass is 10.1. The monoisotopic (exact) mass is 402 g/mol. The van der Waals surface area contributed by atoms with Gasteiger partial charge in [-0.15, -0.1) is 0 Å². The van der Waals surface area contributed by atoms with Gasteiger partial charge in [-0.1, -0.05) is 11.6 Å². The lowest BCUT2D eigenvalue weighted by Gasteiger charge is -2.25. The largest absolute Gasteiger partial charge is 0.492 e. The highest BCUT2D eigenvalue weighted by molar-refractivity contribution is 6.52. The normalized spacial score (nSPS) is 15.2. The summed E-state index contributed by atoms with van der Waals surface area (Å²) in [6.07, 6.45) is 0. The van der Waals surface area contributed by atoms with Gasteiger partial charge >= 0.3 is 5.91 Å². The number of hydrogen-bond donors (Lipinski definition) is 0. The summed E-state index contributed by atoms with van der Waals surface area (Å²) in [5.41, 5.74) is 0.893. The van der Waals surface area contributed by atoms with Gasteiger partial charge in [0.25, 0.3) is 5.78 Å². The van der Waals surface area contributed by atoms with Crippen molar-refractivity contribution in [2.45, 2.75) is 0 Å². The fraction of sp³-hybridized carbons (Fsp3) is 0.300. The van der Waals surface area contributed by atoms with E-state index in [-0.39, 0.29) is 6.67 Å². The summed E-state index contributed by atoms with van der Waals surface area (Å²) >= 11 is 5.86. The third-order valence-electron chi connectivity index (χ3n) is 4.57. The van der Waals surface area contributed by atoms with Gasteiger partial charge in [-0.3, -0.25) is 19.4 Å². The zero-order valence-electron chi connectivity index (χ0n) is 15.3. The van der Waals surface area contributed by atoms with Gasteiger partial charge in [0.15, 0.2) is 11.5 Å². The van der Waals surface area contributed by atoms with E-state index in [1.54, 1.807) is 36.4 Å². The molecule has 0 saturated carbocycles. The van der Waals surface area contributed by atoms with Crippen molar-refractivity contribution in [1.82, 2.24) is 4.90 Å². The highest BCUT2D eigenvalue weighted by Gasteiger charge is 2.38.